The van der Waals surface area contributed by atoms with Crippen molar-refractivity contribution in [2.75, 3.05) is 6.54 Å². The molecule has 1 heterocycles. The van der Waals surface area contributed by atoms with E-state index in [1.54, 1.807) is 0 Å². The van der Waals surface area contributed by atoms with E-state index in [1.165, 1.54) is 41.6 Å². The smallest absolute Gasteiger partial charge is 0.0314 e. The largest absolute Gasteiger partial charge is 0.314 e. The Morgan fingerprint density at radius 1 is 1.37 bits per heavy atom. The zero-order valence-electron chi connectivity index (χ0n) is 12.3. The second-order valence-electron chi connectivity index (χ2n) is 6.40. The van der Waals surface area contributed by atoms with E-state index < -0.39 is 0 Å². The highest BCUT2D eigenvalue weighted by atomic mass is 79.9. The fourth-order valence-corrected chi connectivity index (χ4v) is 4.78. The molecular weight excluding hydrogens is 318 g/mol. The van der Waals surface area contributed by atoms with Crippen LogP contribution in [0.5, 0.6) is 0 Å². The molecule has 0 spiro atoms. The maximum absolute atomic E-state index is 3.69. The van der Waals surface area contributed by atoms with Gasteiger partial charge >= 0.3 is 0 Å². The van der Waals surface area contributed by atoms with E-state index in [1.807, 2.05) is 11.3 Å². The molecule has 0 aliphatic heterocycles. The van der Waals surface area contributed by atoms with E-state index in [4.69, 9.17) is 0 Å². The Balaban J connectivity index is 1.98. The molecule has 0 aromatic carbocycles. The fraction of sp³-hybridized carbons (Fsp3) is 0.750. The van der Waals surface area contributed by atoms with Crippen LogP contribution in [0.1, 0.15) is 44.9 Å². The number of hydrogen-bond donors (Lipinski definition) is 1. The second-order valence-corrected chi connectivity index (χ2v) is 8.25. The number of rotatable bonds is 5. The quantitative estimate of drug-likeness (QED) is 0.783. The van der Waals surface area contributed by atoms with Crippen LogP contribution in [0.25, 0.3) is 0 Å². The minimum absolute atomic E-state index is 0.605. The van der Waals surface area contributed by atoms with Gasteiger partial charge in [-0.25, -0.2) is 0 Å². The van der Waals surface area contributed by atoms with Crippen molar-refractivity contribution >= 4 is 27.3 Å². The van der Waals surface area contributed by atoms with Gasteiger partial charge < -0.3 is 5.32 Å². The Bertz CT molecular complexity index is 388. The van der Waals surface area contributed by atoms with E-state index in [2.05, 4.69) is 53.5 Å². The van der Waals surface area contributed by atoms with E-state index in [0.717, 1.165) is 17.8 Å². The van der Waals surface area contributed by atoms with Crippen LogP contribution in [0.2, 0.25) is 0 Å². The summed E-state index contributed by atoms with van der Waals surface area (Å²) in [4.78, 5) is 1.54. The third-order valence-corrected chi connectivity index (χ3v) is 6.28. The molecule has 2 rings (SSSR count). The lowest BCUT2D eigenvalue weighted by Gasteiger charge is -2.35. The molecule has 0 saturated heterocycles. The Kier molecular flexibility index (Phi) is 5.91. The van der Waals surface area contributed by atoms with Gasteiger partial charge in [0.1, 0.15) is 0 Å². The van der Waals surface area contributed by atoms with Gasteiger partial charge in [-0.2, -0.15) is 0 Å². The highest BCUT2D eigenvalue weighted by Gasteiger charge is 2.29. The number of thiophene rings is 1. The monoisotopic (exact) mass is 343 g/mol. The molecular formula is C16H26BrNS. The molecule has 1 aliphatic carbocycles. The van der Waals surface area contributed by atoms with E-state index in [-0.39, 0.29) is 0 Å². The highest BCUT2D eigenvalue weighted by Crippen LogP contribution is 2.37. The molecule has 0 radical (unpaired) electrons. The molecule has 1 aromatic rings. The minimum atomic E-state index is 0.605. The van der Waals surface area contributed by atoms with Crippen molar-refractivity contribution in [1.82, 2.24) is 5.32 Å². The van der Waals surface area contributed by atoms with E-state index in [0.29, 0.717) is 6.04 Å². The maximum Gasteiger partial charge on any atom is 0.0314 e. The molecule has 1 aromatic heterocycles. The molecule has 1 aliphatic rings. The third kappa shape index (κ3) is 4.57. The Labute approximate surface area is 130 Å². The lowest BCUT2D eigenvalue weighted by molar-refractivity contribution is 0.182. The number of halogens is 1. The summed E-state index contributed by atoms with van der Waals surface area (Å²) >= 11 is 5.59. The van der Waals surface area contributed by atoms with E-state index >= 15 is 0 Å². The minimum Gasteiger partial charge on any atom is -0.314 e. The molecule has 3 atom stereocenters. The molecule has 1 fully saturated rings. The summed E-state index contributed by atoms with van der Waals surface area (Å²) in [6, 6.07) is 2.79. The van der Waals surface area contributed by atoms with Gasteiger partial charge in [0.15, 0.2) is 0 Å². The zero-order valence-corrected chi connectivity index (χ0v) is 14.7. The van der Waals surface area contributed by atoms with Crippen molar-refractivity contribution in [2.24, 2.45) is 17.8 Å². The van der Waals surface area contributed by atoms with Crippen molar-refractivity contribution in [3.05, 3.63) is 20.8 Å². The van der Waals surface area contributed by atoms with Gasteiger partial charge in [-0.3, -0.25) is 0 Å². The van der Waals surface area contributed by atoms with Crippen LogP contribution in [0.3, 0.4) is 0 Å². The first-order chi connectivity index (χ1) is 9.06. The van der Waals surface area contributed by atoms with Crippen LogP contribution < -0.4 is 5.32 Å². The predicted octanol–water partition coefficient (Wildman–Crippen LogP) is 5.10. The average molecular weight is 344 g/mol. The molecule has 0 amide bonds. The van der Waals surface area contributed by atoms with Gasteiger partial charge in [0.2, 0.25) is 0 Å². The molecule has 1 saturated carbocycles. The summed E-state index contributed by atoms with van der Waals surface area (Å²) in [5.41, 5.74) is 0. The summed E-state index contributed by atoms with van der Waals surface area (Å²) < 4.78 is 1.31. The summed E-state index contributed by atoms with van der Waals surface area (Å²) in [7, 11) is 0. The normalized spacial score (nSPS) is 27.9. The SMILES string of the molecule is CC1CCC(CNC(C)C)C(Cc2sccc2Br)C1. The first-order valence-electron chi connectivity index (χ1n) is 7.51. The van der Waals surface area contributed by atoms with Crippen molar-refractivity contribution in [3.8, 4) is 0 Å². The van der Waals surface area contributed by atoms with Gasteiger partial charge in [0.25, 0.3) is 0 Å². The van der Waals surface area contributed by atoms with Crippen LogP contribution in [0.15, 0.2) is 15.9 Å². The third-order valence-electron chi connectivity index (χ3n) is 4.33. The van der Waals surface area contributed by atoms with Crippen LogP contribution in [-0.2, 0) is 6.42 Å². The van der Waals surface area contributed by atoms with Crippen LogP contribution >= 0.6 is 27.3 Å². The lowest BCUT2D eigenvalue weighted by Crippen LogP contribution is -2.36. The van der Waals surface area contributed by atoms with Gasteiger partial charge in [0.05, 0.1) is 0 Å². The fourth-order valence-electron chi connectivity index (χ4n) is 3.18. The van der Waals surface area contributed by atoms with Crippen molar-refractivity contribution in [2.45, 2.75) is 52.5 Å². The maximum atomic E-state index is 3.69. The summed E-state index contributed by atoms with van der Waals surface area (Å²) in [6.45, 7) is 8.10. The van der Waals surface area contributed by atoms with Crippen molar-refractivity contribution in [3.63, 3.8) is 0 Å². The van der Waals surface area contributed by atoms with Crippen LogP contribution in [-0.4, -0.2) is 12.6 Å². The van der Waals surface area contributed by atoms with Gasteiger partial charge in [-0.1, -0.05) is 27.2 Å². The van der Waals surface area contributed by atoms with Gasteiger partial charge in [0, 0.05) is 15.4 Å². The Morgan fingerprint density at radius 3 is 2.79 bits per heavy atom. The Hall–Kier alpha value is 0.140. The van der Waals surface area contributed by atoms with Crippen LogP contribution in [0.4, 0.5) is 0 Å². The zero-order chi connectivity index (χ0) is 13.8. The second kappa shape index (κ2) is 7.24. The highest BCUT2D eigenvalue weighted by molar-refractivity contribution is 9.10. The van der Waals surface area contributed by atoms with Crippen molar-refractivity contribution in [1.29, 1.82) is 0 Å². The standard InChI is InChI=1S/C16H26BrNS/c1-11(2)18-10-13-5-4-12(3)8-14(13)9-16-15(17)6-7-19-16/h6-7,11-14,18H,4-5,8-10H2,1-3H3. The molecule has 3 unspecified atom stereocenters. The summed E-state index contributed by atoms with van der Waals surface area (Å²) in [5, 5.41) is 5.85. The molecule has 1 nitrogen and oxygen atoms in total. The first-order valence-corrected chi connectivity index (χ1v) is 9.18. The topological polar surface area (TPSA) is 12.0 Å². The first kappa shape index (κ1) is 15.5. The van der Waals surface area contributed by atoms with Gasteiger partial charge in [-0.15, -0.1) is 11.3 Å². The average Bonchev–Trinajstić information content (AvgIpc) is 2.74. The summed E-state index contributed by atoms with van der Waals surface area (Å²) in [5.74, 6) is 2.61. The molecule has 3 heteroatoms. The predicted molar refractivity (Wildman–Crippen MR) is 88.9 cm³/mol. The van der Waals surface area contributed by atoms with Crippen molar-refractivity contribution < 1.29 is 0 Å². The van der Waals surface area contributed by atoms with Crippen LogP contribution in [0, 0.1) is 17.8 Å². The molecule has 0 bridgehead atoms. The number of hydrogen-bond acceptors (Lipinski definition) is 2. The van der Waals surface area contributed by atoms with Gasteiger partial charge in [-0.05, 0) is 70.9 Å². The van der Waals surface area contributed by atoms with E-state index in [9.17, 15) is 0 Å². The number of nitrogens with one attached hydrogen (secondary N) is 1. The molecule has 1 N–H and O–H groups in total. The summed E-state index contributed by atoms with van der Waals surface area (Å²) in [6.07, 6.45) is 5.46. The Morgan fingerprint density at radius 2 is 2.16 bits per heavy atom. The lowest BCUT2D eigenvalue weighted by atomic mass is 9.73. The molecule has 108 valence electrons. The molecule has 19 heavy (non-hydrogen) atoms.